The molecule has 0 aromatic carbocycles. The number of hydrogen-bond donors (Lipinski definition) is 3. The molecular weight excluding hydrogens is 425 g/mol. The first-order chi connectivity index (χ1) is 10.7. The summed E-state index contributed by atoms with van der Waals surface area (Å²) in [6, 6.07) is 0.449. The van der Waals surface area contributed by atoms with E-state index < -0.39 is 0 Å². The highest BCUT2D eigenvalue weighted by atomic mass is 127. The van der Waals surface area contributed by atoms with Crippen LogP contribution in [-0.4, -0.2) is 43.0 Å². The third kappa shape index (κ3) is 8.50. The predicted octanol–water partition coefficient (Wildman–Crippen LogP) is 1.84. The van der Waals surface area contributed by atoms with Gasteiger partial charge in [-0.1, -0.05) is 0 Å². The molecule has 0 bridgehead atoms. The van der Waals surface area contributed by atoms with Gasteiger partial charge in [-0.15, -0.1) is 35.3 Å². The average molecular weight is 451 g/mol. The number of carbonyl (C=O) groups is 1. The maximum absolute atomic E-state index is 11.5. The Kier molecular flexibility index (Phi) is 9.46. The van der Waals surface area contributed by atoms with Crippen LogP contribution >= 0.6 is 35.3 Å². The van der Waals surface area contributed by atoms with Crippen molar-refractivity contribution in [3.63, 3.8) is 0 Å². The molecule has 3 N–H and O–H groups in total. The van der Waals surface area contributed by atoms with Crippen molar-refractivity contribution in [2.45, 2.75) is 45.1 Å². The Morgan fingerprint density at radius 3 is 2.74 bits per heavy atom. The zero-order valence-electron chi connectivity index (χ0n) is 13.7. The molecular formula is C15H26IN5OS. The van der Waals surface area contributed by atoms with E-state index in [9.17, 15) is 4.79 Å². The van der Waals surface area contributed by atoms with E-state index in [1.165, 1.54) is 4.88 Å². The third-order valence-corrected chi connectivity index (χ3v) is 4.31. The summed E-state index contributed by atoms with van der Waals surface area (Å²) in [6.45, 7) is 3.61. The Labute approximate surface area is 159 Å². The molecule has 1 aromatic heterocycles. The molecule has 1 amide bonds. The van der Waals surface area contributed by atoms with Gasteiger partial charge < -0.3 is 16.0 Å². The van der Waals surface area contributed by atoms with Crippen molar-refractivity contribution in [2.75, 3.05) is 20.1 Å². The quantitative estimate of drug-likeness (QED) is 0.244. The summed E-state index contributed by atoms with van der Waals surface area (Å²) in [5.41, 5.74) is 0. The fourth-order valence-electron chi connectivity index (χ4n) is 2.01. The summed E-state index contributed by atoms with van der Waals surface area (Å²) in [7, 11) is 1.75. The Hall–Kier alpha value is -0.900. The molecule has 23 heavy (non-hydrogen) atoms. The minimum atomic E-state index is 0. The highest BCUT2D eigenvalue weighted by molar-refractivity contribution is 14.0. The van der Waals surface area contributed by atoms with Gasteiger partial charge in [-0.05, 0) is 26.2 Å². The van der Waals surface area contributed by atoms with Gasteiger partial charge >= 0.3 is 0 Å². The highest BCUT2D eigenvalue weighted by Gasteiger charge is 2.22. The van der Waals surface area contributed by atoms with E-state index in [1.807, 2.05) is 6.20 Å². The third-order valence-electron chi connectivity index (χ3n) is 3.34. The number of nitrogens with one attached hydrogen (secondary N) is 3. The van der Waals surface area contributed by atoms with Gasteiger partial charge in [0.15, 0.2) is 5.96 Å². The van der Waals surface area contributed by atoms with E-state index in [4.69, 9.17) is 0 Å². The lowest BCUT2D eigenvalue weighted by molar-refractivity contribution is -0.121. The van der Waals surface area contributed by atoms with Crippen LogP contribution in [0.5, 0.6) is 0 Å². The molecule has 0 atom stereocenters. The summed E-state index contributed by atoms with van der Waals surface area (Å²) in [4.78, 5) is 21.3. The van der Waals surface area contributed by atoms with Gasteiger partial charge in [-0.3, -0.25) is 9.79 Å². The van der Waals surface area contributed by atoms with E-state index in [-0.39, 0.29) is 29.9 Å². The molecule has 1 aliphatic carbocycles. The number of guanidine groups is 1. The van der Waals surface area contributed by atoms with E-state index in [2.05, 4.69) is 32.9 Å². The second kappa shape index (κ2) is 10.8. The molecule has 1 heterocycles. The predicted molar refractivity (Wildman–Crippen MR) is 106 cm³/mol. The van der Waals surface area contributed by atoms with E-state index >= 15 is 0 Å². The fraction of sp³-hybridized carbons (Fsp3) is 0.667. The lowest BCUT2D eigenvalue weighted by atomic mass is 10.3. The van der Waals surface area contributed by atoms with Gasteiger partial charge in [-0.2, -0.15) is 0 Å². The molecule has 0 unspecified atom stereocenters. The van der Waals surface area contributed by atoms with Crippen LogP contribution in [0.1, 0.15) is 35.6 Å². The van der Waals surface area contributed by atoms with E-state index in [0.717, 1.165) is 49.7 Å². The van der Waals surface area contributed by atoms with Crippen LogP contribution in [0.15, 0.2) is 11.2 Å². The number of carbonyl (C=O) groups excluding carboxylic acids is 1. The summed E-state index contributed by atoms with van der Waals surface area (Å²) < 4.78 is 0. The number of hydrogen-bond acceptors (Lipinski definition) is 4. The Balaban J connectivity index is 0.00000264. The van der Waals surface area contributed by atoms with Gasteiger partial charge in [0.05, 0.1) is 5.01 Å². The molecule has 0 saturated heterocycles. The lowest BCUT2D eigenvalue weighted by Gasteiger charge is -2.11. The number of amides is 1. The first-order valence-corrected chi connectivity index (χ1v) is 8.64. The van der Waals surface area contributed by atoms with E-state index in [0.29, 0.717) is 12.5 Å². The van der Waals surface area contributed by atoms with Crippen LogP contribution in [0.3, 0.4) is 0 Å². The van der Waals surface area contributed by atoms with Crippen molar-refractivity contribution >= 4 is 47.2 Å². The van der Waals surface area contributed by atoms with Crippen molar-refractivity contribution < 1.29 is 4.79 Å². The number of nitrogens with zero attached hydrogens (tertiary/aromatic N) is 2. The van der Waals surface area contributed by atoms with Crippen LogP contribution in [-0.2, 0) is 11.2 Å². The lowest BCUT2D eigenvalue weighted by Crippen LogP contribution is -2.39. The van der Waals surface area contributed by atoms with Crippen molar-refractivity contribution in [3.05, 3.63) is 16.1 Å². The van der Waals surface area contributed by atoms with Crippen LogP contribution in [0.4, 0.5) is 0 Å². The van der Waals surface area contributed by atoms with Crippen LogP contribution in [0.25, 0.3) is 0 Å². The van der Waals surface area contributed by atoms with Crippen LogP contribution < -0.4 is 16.0 Å². The molecule has 0 spiro atoms. The number of rotatable bonds is 8. The monoisotopic (exact) mass is 451 g/mol. The molecule has 130 valence electrons. The van der Waals surface area contributed by atoms with E-state index in [1.54, 1.807) is 18.4 Å². The molecule has 6 nitrogen and oxygen atoms in total. The van der Waals surface area contributed by atoms with Crippen LogP contribution in [0, 0.1) is 6.92 Å². The van der Waals surface area contributed by atoms with Crippen molar-refractivity contribution in [3.8, 4) is 0 Å². The number of aliphatic imine (C=N–C) groups is 1. The maximum Gasteiger partial charge on any atom is 0.220 e. The van der Waals surface area contributed by atoms with Gasteiger partial charge in [0.25, 0.3) is 0 Å². The smallest absolute Gasteiger partial charge is 0.220 e. The number of thiazole rings is 1. The summed E-state index contributed by atoms with van der Waals surface area (Å²) in [6.07, 6.45) is 6.45. The first-order valence-electron chi connectivity index (χ1n) is 7.82. The number of aromatic nitrogens is 1. The minimum Gasteiger partial charge on any atom is -0.356 e. The summed E-state index contributed by atoms with van der Waals surface area (Å²) in [5.74, 6) is 0.933. The molecule has 0 radical (unpaired) electrons. The number of aryl methyl sites for hydroxylation is 1. The largest absolute Gasteiger partial charge is 0.356 e. The molecule has 1 fully saturated rings. The van der Waals surface area contributed by atoms with Crippen molar-refractivity contribution in [1.82, 2.24) is 20.9 Å². The Morgan fingerprint density at radius 2 is 2.13 bits per heavy atom. The highest BCUT2D eigenvalue weighted by Crippen LogP contribution is 2.18. The molecule has 1 aromatic rings. The average Bonchev–Trinajstić information content (AvgIpc) is 3.21. The SMILES string of the molecule is CN=C(NCCCC(=O)NC1CC1)NCCc1ncc(C)s1.I. The molecule has 0 aliphatic heterocycles. The second-order valence-corrected chi connectivity index (χ2v) is 6.81. The van der Waals surface area contributed by atoms with Gasteiger partial charge in [0.1, 0.15) is 0 Å². The van der Waals surface area contributed by atoms with Crippen molar-refractivity contribution in [1.29, 1.82) is 0 Å². The Bertz CT molecular complexity index is 516. The molecule has 2 rings (SSSR count). The standard InChI is InChI=1S/C15H25N5OS.HI/c1-11-10-19-14(22-11)7-9-18-15(16-2)17-8-3-4-13(21)20-12-5-6-12;/h10,12H,3-9H2,1-2H3,(H,20,21)(H2,16,17,18);1H. The molecule has 1 aliphatic rings. The van der Waals surface area contributed by atoms with Crippen molar-refractivity contribution in [2.24, 2.45) is 4.99 Å². The zero-order valence-corrected chi connectivity index (χ0v) is 16.9. The van der Waals surface area contributed by atoms with Gasteiger partial charge in [0.2, 0.25) is 5.91 Å². The Morgan fingerprint density at radius 1 is 1.39 bits per heavy atom. The minimum absolute atomic E-state index is 0. The summed E-state index contributed by atoms with van der Waals surface area (Å²) >= 11 is 1.73. The van der Waals surface area contributed by atoms with Gasteiger partial charge in [-0.25, -0.2) is 4.98 Å². The topological polar surface area (TPSA) is 78.4 Å². The first kappa shape index (κ1) is 20.1. The number of halogens is 1. The zero-order chi connectivity index (χ0) is 15.8. The maximum atomic E-state index is 11.5. The summed E-state index contributed by atoms with van der Waals surface area (Å²) in [5, 5.41) is 10.6. The van der Waals surface area contributed by atoms with Gasteiger partial charge in [0, 0.05) is 50.1 Å². The fourth-order valence-corrected chi connectivity index (χ4v) is 2.80. The molecule has 1 saturated carbocycles. The normalized spacial score (nSPS) is 14.1. The van der Waals surface area contributed by atoms with Crippen LogP contribution in [0.2, 0.25) is 0 Å². The second-order valence-electron chi connectivity index (χ2n) is 5.49. The molecule has 8 heteroatoms.